The van der Waals surface area contributed by atoms with Crippen LogP contribution in [0, 0.1) is 12.8 Å². The van der Waals surface area contributed by atoms with E-state index in [9.17, 15) is 14.4 Å². The number of nitrogens with one attached hydrogen (secondary N) is 2. The van der Waals surface area contributed by atoms with Gasteiger partial charge in [-0.25, -0.2) is 4.79 Å². The number of rotatable bonds is 10. The third kappa shape index (κ3) is 8.83. The summed E-state index contributed by atoms with van der Waals surface area (Å²) in [4.78, 5) is 41.8. The Balaban J connectivity index is 1.96. The predicted octanol–water partition coefficient (Wildman–Crippen LogP) is 7.01. The maximum atomic E-state index is 14.0. The molecule has 0 aliphatic carbocycles. The fourth-order valence-electron chi connectivity index (χ4n) is 4.58. The maximum absolute atomic E-state index is 14.0. The lowest BCUT2D eigenvalue weighted by Crippen LogP contribution is -2.50. The zero-order valence-corrected chi connectivity index (χ0v) is 24.8. The first kappa shape index (κ1) is 30.7. The fourth-order valence-corrected chi connectivity index (χ4v) is 4.58. The summed E-state index contributed by atoms with van der Waals surface area (Å²) in [7, 11) is 0. The number of carbonyl (C=O) groups excluding carboxylic acids is 3. The third-order valence-corrected chi connectivity index (χ3v) is 6.64. The minimum atomic E-state index is -0.901. The first-order valence-corrected chi connectivity index (χ1v) is 14.0. The Kier molecular flexibility index (Phi) is 10.3. The van der Waals surface area contributed by atoms with Crippen LogP contribution in [0.15, 0.2) is 66.7 Å². The molecule has 0 aliphatic rings. The number of amides is 3. The van der Waals surface area contributed by atoms with Crippen molar-refractivity contribution in [1.82, 2.24) is 10.2 Å². The summed E-state index contributed by atoms with van der Waals surface area (Å²) in [6.45, 7) is 13.2. The number of nitrogens with zero attached hydrogens (tertiary/aromatic N) is 1. The van der Waals surface area contributed by atoms with Crippen molar-refractivity contribution in [3.63, 3.8) is 0 Å². The van der Waals surface area contributed by atoms with E-state index in [1.807, 2.05) is 80.6 Å². The molecule has 0 radical (unpaired) electrons. The van der Waals surface area contributed by atoms with E-state index in [1.165, 1.54) is 0 Å². The molecule has 2 unspecified atom stereocenters. The number of hydrogen-bond donors (Lipinski definition) is 2. The van der Waals surface area contributed by atoms with Gasteiger partial charge >= 0.3 is 6.09 Å². The smallest absolute Gasteiger partial charge is 0.408 e. The summed E-state index contributed by atoms with van der Waals surface area (Å²) in [6.07, 6.45) is 0.918. The van der Waals surface area contributed by atoms with Gasteiger partial charge in [-0.05, 0) is 81.8 Å². The van der Waals surface area contributed by atoms with Crippen LogP contribution in [-0.2, 0) is 14.3 Å². The predicted molar refractivity (Wildman–Crippen MR) is 161 cm³/mol. The van der Waals surface area contributed by atoms with Crippen LogP contribution >= 0.6 is 0 Å². The summed E-state index contributed by atoms with van der Waals surface area (Å²) in [6, 6.07) is 20.2. The first-order chi connectivity index (χ1) is 18.8. The second kappa shape index (κ2) is 13.5. The maximum Gasteiger partial charge on any atom is 0.408 e. The molecule has 2 N–H and O–H groups in total. The van der Waals surface area contributed by atoms with Gasteiger partial charge in [-0.15, -0.1) is 0 Å². The highest BCUT2D eigenvalue weighted by Gasteiger charge is 2.35. The molecule has 7 heteroatoms. The average molecular weight is 546 g/mol. The fraction of sp³-hybridized carbons (Fsp3) is 0.424. The monoisotopic (exact) mass is 545 g/mol. The second-order valence-electron chi connectivity index (χ2n) is 11.8. The topological polar surface area (TPSA) is 87.7 Å². The number of benzene rings is 3. The molecule has 7 nitrogen and oxygen atoms in total. The average Bonchev–Trinajstić information content (AvgIpc) is 2.88. The first-order valence-electron chi connectivity index (χ1n) is 14.0. The number of hydrogen-bond acceptors (Lipinski definition) is 4. The molecule has 3 aromatic carbocycles. The normalized spacial score (nSPS) is 13.0. The minimum absolute atomic E-state index is 0.260. The Morgan fingerprint density at radius 1 is 0.875 bits per heavy atom. The van der Waals surface area contributed by atoms with E-state index in [0.717, 1.165) is 22.8 Å². The van der Waals surface area contributed by atoms with Gasteiger partial charge in [-0.1, -0.05) is 74.0 Å². The number of carbonyl (C=O) groups is 3. The second-order valence-corrected chi connectivity index (χ2v) is 11.8. The van der Waals surface area contributed by atoms with E-state index in [1.54, 1.807) is 25.7 Å². The highest BCUT2D eigenvalue weighted by molar-refractivity contribution is 6.00. The lowest BCUT2D eigenvalue weighted by Gasteiger charge is -2.36. The SMILES string of the molecule is Cc1ccc(C(C(=O)Nc2ccc3ccccc3c2)N(C(=O)CNC(=O)OC(C)(C)C)C(C)CCC(C)C)cc1. The van der Waals surface area contributed by atoms with Crippen LogP contribution in [0.3, 0.4) is 0 Å². The molecule has 0 aromatic heterocycles. The number of aryl methyl sites for hydroxylation is 1. The quantitative estimate of drug-likeness (QED) is 0.287. The van der Waals surface area contributed by atoms with Crippen molar-refractivity contribution < 1.29 is 19.1 Å². The lowest BCUT2D eigenvalue weighted by molar-refractivity contribution is -0.140. The minimum Gasteiger partial charge on any atom is -0.444 e. The lowest BCUT2D eigenvalue weighted by atomic mass is 9.97. The van der Waals surface area contributed by atoms with Gasteiger partial charge in [0.05, 0.1) is 0 Å². The van der Waals surface area contributed by atoms with Gasteiger partial charge < -0.3 is 20.3 Å². The van der Waals surface area contributed by atoms with Crippen molar-refractivity contribution in [3.05, 3.63) is 77.9 Å². The standard InChI is InChI=1S/C33H43N3O4/c1-22(2)12-15-24(4)36(29(37)21-34-32(39)40-33(5,6)7)30(26-16-13-23(3)14-17-26)31(38)35-28-19-18-25-10-8-9-11-27(25)20-28/h8-11,13-14,16-20,22,24,30H,12,15,21H2,1-7H3,(H,34,39)(H,35,38). The summed E-state index contributed by atoms with van der Waals surface area (Å²) < 4.78 is 5.33. The number of alkyl carbamates (subject to hydrolysis) is 1. The molecule has 3 amide bonds. The Hall–Kier alpha value is -3.87. The van der Waals surface area contributed by atoms with Gasteiger partial charge in [0, 0.05) is 11.7 Å². The Labute approximate surface area is 238 Å². The Bertz CT molecular complexity index is 1310. The molecule has 0 saturated carbocycles. The van der Waals surface area contributed by atoms with Gasteiger partial charge in [-0.3, -0.25) is 9.59 Å². The third-order valence-electron chi connectivity index (χ3n) is 6.64. The van der Waals surface area contributed by atoms with E-state index in [-0.39, 0.29) is 24.4 Å². The molecule has 0 saturated heterocycles. The molecule has 214 valence electrons. The van der Waals surface area contributed by atoms with Gasteiger partial charge in [-0.2, -0.15) is 0 Å². The van der Waals surface area contributed by atoms with Gasteiger partial charge in [0.1, 0.15) is 18.2 Å². The van der Waals surface area contributed by atoms with Crippen molar-refractivity contribution in [3.8, 4) is 0 Å². The van der Waals surface area contributed by atoms with E-state index in [0.29, 0.717) is 23.6 Å². The molecule has 40 heavy (non-hydrogen) atoms. The van der Waals surface area contributed by atoms with Crippen LogP contribution in [0.1, 0.15) is 71.6 Å². The molecule has 0 fully saturated rings. The van der Waals surface area contributed by atoms with Gasteiger partial charge in [0.15, 0.2) is 0 Å². The van der Waals surface area contributed by atoms with Crippen LogP contribution in [0.25, 0.3) is 10.8 Å². The van der Waals surface area contributed by atoms with Crippen molar-refractivity contribution in [2.75, 3.05) is 11.9 Å². The molecule has 3 rings (SSSR count). The van der Waals surface area contributed by atoms with Crippen molar-refractivity contribution in [2.45, 2.75) is 79.0 Å². The van der Waals surface area contributed by atoms with Crippen LogP contribution in [-0.4, -0.2) is 41.0 Å². The summed E-state index contributed by atoms with van der Waals surface area (Å²) >= 11 is 0. The molecule has 0 aliphatic heterocycles. The van der Waals surface area contributed by atoms with Crippen LogP contribution in [0.5, 0.6) is 0 Å². The van der Waals surface area contributed by atoms with E-state index in [4.69, 9.17) is 4.74 Å². The van der Waals surface area contributed by atoms with Crippen LogP contribution < -0.4 is 10.6 Å². The number of fused-ring (bicyclic) bond motifs is 1. The summed E-state index contributed by atoms with van der Waals surface area (Å²) in [5.74, 6) is -0.244. The summed E-state index contributed by atoms with van der Waals surface area (Å²) in [5.41, 5.74) is 1.71. The molecular formula is C33H43N3O4. The van der Waals surface area contributed by atoms with E-state index in [2.05, 4.69) is 24.5 Å². The van der Waals surface area contributed by atoms with Crippen LogP contribution in [0.4, 0.5) is 10.5 Å². The van der Waals surface area contributed by atoms with Gasteiger partial charge in [0.25, 0.3) is 5.91 Å². The Morgan fingerprint density at radius 3 is 2.15 bits per heavy atom. The number of ether oxygens (including phenoxy) is 1. The highest BCUT2D eigenvalue weighted by atomic mass is 16.6. The molecule has 2 atom stereocenters. The van der Waals surface area contributed by atoms with Crippen LogP contribution in [0.2, 0.25) is 0 Å². The largest absolute Gasteiger partial charge is 0.444 e. The summed E-state index contributed by atoms with van der Waals surface area (Å²) in [5, 5.41) is 7.71. The van der Waals surface area contributed by atoms with E-state index >= 15 is 0 Å². The van der Waals surface area contributed by atoms with Crippen molar-refractivity contribution in [2.24, 2.45) is 5.92 Å². The molecular weight excluding hydrogens is 502 g/mol. The highest BCUT2D eigenvalue weighted by Crippen LogP contribution is 2.29. The molecule has 0 bridgehead atoms. The Morgan fingerprint density at radius 2 is 1.52 bits per heavy atom. The molecule has 0 spiro atoms. The number of anilines is 1. The van der Waals surface area contributed by atoms with E-state index < -0.39 is 17.7 Å². The zero-order chi connectivity index (χ0) is 29.4. The molecule has 0 heterocycles. The van der Waals surface area contributed by atoms with Gasteiger partial charge in [0.2, 0.25) is 5.91 Å². The zero-order valence-electron chi connectivity index (χ0n) is 24.8. The van der Waals surface area contributed by atoms with Crippen molar-refractivity contribution >= 4 is 34.4 Å². The van der Waals surface area contributed by atoms with Crippen molar-refractivity contribution in [1.29, 1.82) is 0 Å². The molecule has 3 aromatic rings.